The van der Waals surface area contributed by atoms with Gasteiger partial charge in [-0.25, -0.2) is 0 Å². The molecule has 0 radical (unpaired) electrons. The second-order valence-corrected chi connectivity index (χ2v) is 5.59. The number of hydrogen-bond donors (Lipinski definition) is 1. The Bertz CT molecular complexity index is 236. The summed E-state index contributed by atoms with van der Waals surface area (Å²) in [5.41, 5.74) is 0. The van der Waals surface area contributed by atoms with E-state index in [1.54, 1.807) is 21.6 Å². The maximum atomic E-state index is 9.26. The van der Waals surface area contributed by atoms with E-state index in [1.165, 1.54) is 4.90 Å². The maximum absolute atomic E-state index is 9.26. The molecule has 1 aromatic rings. The number of rotatable bonds is 4. The molecule has 1 nitrogen and oxygen atoms in total. The summed E-state index contributed by atoms with van der Waals surface area (Å²) in [6, 6.07) is 10.2. The quantitative estimate of drug-likeness (QED) is 0.777. The van der Waals surface area contributed by atoms with Crippen LogP contribution in [0.1, 0.15) is 13.8 Å². The normalized spacial score (nSPS) is 15.3. The Morgan fingerprint density at radius 3 is 2.31 bits per heavy atom. The second kappa shape index (κ2) is 5.58. The predicted octanol–water partition coefficient (Wildman–Crippen LogP) is 3.20. The lowest BCUT2D eigenvalue weighted by atomic mass is 10.3. The van der Waals surface area contributed by atoms with Gasteiger partial charge in [-0.2, -0.15) is 0 Å². The van der Waals surface area contributed by atoms with Gasteiger partial charge >= 0.3 is 0 Å². The van der Waals surface area contributed by atoms with Crippen LogP contribution in [0.5, 0.6) is 0 Å². The molecule has 0 saturated carbocycles. The van der Waals surface area contributed by atoms with Crippen molar-refractivity contribution in [3.05, 3.63) is 30.3 Å². The summed E-state index contributed by atoms with van der Waals surface area (Å²) in [4.78, 5) is 1.24. The molecule has 0 aliphatic carbocycles. The molecule has 1 rings (SSSR count). The van der Waals surface area contributed by atoms with Gasteiger partial charge in [0.25, 0.3) is 0 Å². The molecule has 0 amide bonds. The van der Waals surface area contributed by atoms with Crippen molar-refractivity contribution in [2.45, 2.75) is 30.1 Å². The first-order valence-electron chi connectivity index (χ1n) is 4.26. The van der Waals surface area contributed by atoms with Gasteiger partial charge in [0.1, 0.15) is 0 Å². The molecule has 3 heteroatoms. The second-order valence-electron chi connectivity index (χ2n) is 2.94. The first kappa shape index (κ1) is 11.0. The highest BCUT2D eigenvalue weighted by Crippen LogP contribution is 2.35. The Labute approximate surface area is 87.3 Å². The van der Waals surface area contributed by atoms with Crippen molar-refractivity contribution in [2.75, 3.05) is 0 Å². The van der Waals surface area contributed by atoms with E-state index in [-0.39, 0.29) is 11.4 Å². The Morgan fingerprint density at radius 2 is 1.77 bits per heavy atom. The molecule has 2 atom stereocenters. The third-order valence-corrected chi connectivity index (χ3v) is 4.75. The monoisotopic (exact) mass is 214 g/mol. The third-order valence-electron chi connectivity index (χ3n) is 1.72. The zero-order valence-corrected chi connectivity index (χ0v) is 9.44. The molecule has 0 bridgehead atoms. The first-order valence-corrected chi connectivity index (χ1v) is 6.48. The van der Waals surface area contributed by atoms with Crippen LogP contribution < -0.4 is 0 Å². The van der Waals surface area contributed by atoms with E-state index < -0.39 is 0 Å². The number of hydrogen-bond acceptors (Lipinski definition) is 3. The minimum atomic E-state index is -0.249. The highest BCUT2D eigenvalue weighted by atomic mass is 33.1. The fourth-order valence-corrected chi connectivity index (χ4v) is 2.98. The lowest BCUT2D eigenvalue weighted by Crippen LogP contribution is -2.13. The molecular formula is C10H14OS2. The van der Waals surface area contributed by atoms with Gasteiger partial charge in [-0.1, -0.05) is 39.8 Å². The molecule has 0 heterocycles. The van der Waals surface area contributed by atoms with E-state index in [0.29, 0.717) is 0 Å². The molecular weight excluding hydrogens is 200 g/mol. The van der Waals surface area contributed by atoms with Gasteiger partial charge in [0.05, 0.1) is 6.10 Å². The zero-order valence-electron chi connectivity index (χ0n) is 7.81. The van der Waals surface area contributed by atoms with E-state index in [4.69, 9.17) is 0 Å². The van der Waals surface area contributed by atoms with E-state index >= 15 is 0 Å². The highest BCUT2D eigenvalue weighted by molar-refractivity contribution is 8.77. The minimum absolute atomic E-state index is 0.249. The first-order chi connectivity index (χ1) is 6.20. The van der Waals surface area contributed by atoms with Crippen LogP contribution in [0.25, 0.3) is 0 Å². The average Bonchev–Trinajstić information content (AvgIpc) is 2.15. The smallest absolute Gasteiger partial charge is 0.0636 e. The molecule has 0 spiro atoms. The van der Waals surface area contributed by atoms with Crippen molar-refractivity contribution in [1.82, 2.24) is 0 Å². The van der Waals surface area contributed by atoms with Gasteiger partial charge < -0.3 is 5.11 Å². The van der Waals surface area contributed by atoms with Gasteiger partial charge in [-0.05, 0) is 26.0 Å². The van der Waals surface area contributed by atoms with Gasteiger partial charge in [0.15, 0.2) is 0 Å². The Kier molecular flexibility index (Phi) is 4.70. The standard InChI is InChI=1S/C10H14OS2/c1-8(11)9(2)12-13-10-6-4-3-5-7-10/h3-9,11H,1-2H3. The van der Waals surface area contributed by atoms with Crippen LogP contribution in [0.15, 0.2) is 35.2 Å². The van der Waals surface area contributed by atoms with Crippen molar-refractivity contribution < 1.29 is 5.11 Å². The Morgan fingerprint density at radius 1 is 1.15 bits per heavy atom. The van der Waals surface area contributed by atoms with Crippen LogP contribution in [0.2, 0.25) is 0 Å². The summed E-state index contributed by atoms with van der Waals surface area (Å²) in [5.74, 6) is 0. The third kappa shape index (κ3) is 4.07. The summed E-state index contributed by atoms with van der Waals surface area (Å²) in [7, 11) is 3.42. The summed E-state index contributed by atoms with van der Waals surface area (Å²) in [5, 5.41) is 9.53. The summed E-state index contributed by atoms with van der Waals surface area (Å²) >= 11 is 0. The molecule has 0 aliphatic heterocycles. The topological polar surface area (TPSA) is 20.2 Å². The number of aliphatic hydroxyl groups excluding tert-OH is 1. The predicted molar refractivity (Wildman–Crippen MR) is 61.0 cm³/mol. The fourth-order valence-electron chi connectivity index (χ4n) is 0.688. The van der Waals surface area contributed by atoms with Gasteiger partial charge in [-0.3, -0.25) is 0 Å². The largest absolute Gasteiger partial charge is 0.392 e. The van der Waals surface area contributed by atoms with Gasteiger partial charge in [0, 0.05) is 10.1 Å². The van der Waals surface area contributed by atoms with Gasteiger partial charge in [-0.15, -0.1) is 0 Å². The summed E-state index contributed by atoms with van der Waals surface area (Å²) in [6.07, 6.45) is -0.249. The Hall–Kier alpha value is -0.120. The van der Waals surface area contributed by atoms with Crippen LogP contribution in [0.4, 0.5) is 0 Å². The molecule has 0 fully saturated rings. The molecule has 72 valence electrons. The molecule has 1 aromatic carbocycles. The Balaban J connectivity index is 2.35. The van der Waals surface area contributed by atoms with Crippen LogP contribution in [0.3, 0.4) is 0 Å². The molecule has 0 aliphatic rings. The van der Waals surface area contributed by atoms with Gasteiger partial charge in [0.2, 0.25) is 0 Å². The molecule has 0 aromatic heterocycles. The molecule has 2 unspecified atom stereocenters. The van der Waals surface area contributed by atoms with E-state index in [0.717, 1.165) is 0 Å². The van der Waals surface area contributed by atoms with E-state index in [2.05, 4.69) is 12.1 Å². The van der Waals surface area contributed by atoms with Crippen LogP contribution in [-0.4, -0.2) is 16.5 Å². The molecule has 0 saturated heterocycles. The zero-order chi connectivity index (χ0) is 9.68. The van der Waals surface area contributed by atoms with E-state index in [9.17, 15) is 5.11 Å². The van der Waals surface area contributed by atoms with Crippen LogP contribution in [-0.2, 0) is 0 Å². The van der Waals surface area contributed by atoms with Crippen molar-refractivity contribution >= 4 is 21.6 Å². The molecule has 1 N–H and O–H groups in total. The van der Waals surface area contributed by atoms with Crippen molar-refractivity contribution in [3.63, 3.8) is 0 Å². The average molecular weight is 214 g/mol. The maximum Gasteiger partial charge on any atom is 0.0636 e. The van der Waals surface area contributed by atoms with Crippen molar-refractivity contribution in [2.24, 2.45) is 0 Å². The van der Waals surface area contributed by atoms with Crippen molar-refractivity contribution in [1.29, 1.82) is 0 Å². The van der Waals surface area contributed by atoms with Crippen LogP contribution in [0, 0.1) is 0 Å². The summed E-state index contributed by atoms with van der Waals surface area (Å²) in [6.45, 7) is 3.86. The van der Waals surface area contributed by atoms with Crippen LogP contribution >= 0.6 is 21.6 Å². The summed E-state index contributed by atoms with van der Waals surface area (Å²) < 4.78 is 0. The number of aliphatic hydroxyl groups is 1. The minimum Gasteiger partial charge on any atom is -0.392 e. The SMILES string of the molecule is CC(O)C(C)SSc1ccccc1. The molecule has 13 heavy (non-hydrogen) atoms. The highest BCUT2D eigenvalue weighted by Gasteiger charge is 2.09. The lowest BCUT2D eigenvalue weighted by Gasteiger charge is -2.12. The fraction of sp³-hybridized carbons (Fsp3) is 0.400. The van der Waals surface area contributed by atoms with E-state index in [1.807, 2.05) is 32.0 Å². The van der Waals surface area contributed by atoms with Crippen molar-refractivity contribution in [3.8, 4) is 0 Å². The lowest BCUT2D eigenvalue weighted by molar-refractivity contribution is 0.197. The number of benzene rings is 1.